The lowest BCUT2D eigenvalue weighted by Gasteiger charge is -2.14. The zero-order valence-electron chi connectivity index (χ0n) is 11.2. The molecule has 0 amide bonds. The number of ether oxygens (including phenoxy) is 1. The summed E-state index contributed by atoms with van der Waals surface area (Å²) in [5.74, 6) is 0.681. The summed E-state index contributed by atoms with van der Waals surface area (Å²) < 4.78 is 5.60. The van der Waals surface area contributed by atoms with E-state index in [0.29, 0.717) is 10.8 Å². The van der Waals surface area contributed by atoms with Crippen molar-refractivity contribution in [2.45, 2.75) is 6.10 Å². The average molecular weight is 300 g/mol. The van der Waals surface area contributed by atoms with Gasteiger partial charge in [-0.15, -0.1) is 0 Å². The molecule has 0 saturated carbocycles. The fourth-order valence-corrected chi connectivity index (χ4v) is 2.36. The first-order chi connectivity index (χ1) is 10.2. The van der Waals surface area contributed by atoms with Crippen LogP contribution in [0.15, 0.2) is 60.9 Å². The van der Waals surface area contributed by atoms with Crippen LogP contribution in [0, 0.1) is 0 Å². The van der Waals surface area contributed by atoms with Crippen molar-refractivity contribution in [3.63, 3.8) is 0 Å². The number of rotatable bonds is 4. The summed E-state index contributed by atoms with van der Waals surface area (Å²) in [6.07, 6.45) is 2.80. The van der Waals surface area contributed by atoms with E-state index in [-0.39, 0.29) is 6.61 Å². The predicted octanol–water partition coefficient (Wildman–Crippen LogP) is 4.00. The van der Waals surface area contributed by atoms with E-state index in [1.54, 1.807) is 36.7 Å². The summed E-state index contributed by atoms with van der Waals surface area (Å²) in [5, 5.41) is 13.0. The second kappa shape index (κ2) is 6.12. The molecule has 3 rings (SSSR count). The van der Waals surface area contributed by atoms with Crippen molar-refractivity contribution in [2.75, 3.05) is 6.61 Å². The molecule has 1 atom stereocenters. The van der Waals surface area contributed by atoms with Crippen LogP contribution in [-0.2, 0) is 0 Å². The molecule has 3 nitrogen and oxygen atoms in total. The van der Waals surface area contributed by atoms with Gasteiger partial charge >= 0.3 is 0 Å². The second-order valence-electron chi connectivity index (χ2n) is 4.72. The number of aromatic nitrogens is 1. The normalized spacial score (nSPS) is 12.3. The van der Waals surface area contributed by atoms with Crippen LogP contribution in [0.4, 0.5) is 0 Å². The maximum Gasteiger partial charge on any atom is 0.119 e. The van der Waals surface area contributed by atoms with Crippen molar-refractivity contribution in [3.05, 3.63) is 71.5 Å². The van der Waals surface area contributed by atoms with Crippen LogP contribution in [0.3, 0.4) is 0 Å². The van der Waals surface area contributed by atoms with Gasteiger partial charge in [0, 0.05) is 22.8 Å². The number of benzene rings is 2. The Balaban J connectivity index is 1.78. The lowest BCUT2D eigenvalue weighted by Crippen LogP contribution is -2.10. The van der Waals surface area contributed by atoms with Crippen molar-refractivity contribution in [2.24, 2.45) is 0 Å². The van der Waals surface area contributed by atoms with Gasteiger partial charge in [0.05, 0.1) is 0 Å². The maximum absolute atomic E-state index is 10.4. The molecule has 0 aliphatic rings. The van der Waals surface area contributed by atoms with Crippen LogP contribution in [0.25, 0.3) is 10.8 Å². The number of fused-ring (bicyclic) bond motifs is 1. The molecule has 0 saturated heterocycles. The monoisotopic (exact) mass is 299 g/mol. The zero-order chi connectivity index (χ0) is 14.7. The van der Waals surface area contributed by atoms with Crippen molar-refractivity contribution < 1.29 is 9.84 Å². The Morgan fingerprint density at radius 3 is 2.71 bits per heavy atom. The summed E-state index contributed by atoms with van der Waals surface area (Å²) in [7, 11) is 0. The Morgan fingerprint density at radius 1 is 1.10 bits per heavy atom. The number of nitrogens with zero attached hydrogens (tertiary/aromatic N) is 1. The van der Waals surface area contributed by atoms with E-state index in [1.165, 1.54) is 0 Å². The lowest BCUT2D eigenvalue weighted by molar-refractivity contribution is 0.109. The lowest BCUT2D eigenvalue weighted by atomic mass is 10.0. The van der Waals surface area contributed by atoms with E-state index in [1.807, 2.05) is 24.3 Å². The Hall–Kier alpha value is -2.10. The van der Waals surface area contributed by atoms with Gasteiger partial charge in [0.2, 0.25) is 0 Å². The summed E-state index contributed by atoms with van der Waals surface area (Å²) in [6, 6.07) is 14.8. The summed E-state index contributed by atoms with van der Waals surface area (Å²) >= 11 is 5.82. The van der Waals surface area contributed by atoms with Gasteiger partial charge in [-0.3, -0.25) is 4.98 Å². The number of hydrogen-bond acceptors (Lipinski definition) is 3. The molecule has 1 heterocycles. The van der Waals surface area contributed by atoms with E-state index in [4.69, 9.17) is 16.3 Å². The highest BCUT2D eigenvalue weighted by molar-refractivity contribution is 6.30. The van der Waals surface area contributed by atoms with E-state index >= 15 is 0 Å². The third-order valence-corrected chi connectivity index (χ3v) is 3.55. The minimum absolute atomic E-state index is 0.184. The number of halogens is 1. The quantitative estimate of drug-likeness (QED) is 0.792. The molecule has 0 fully saturated rings. The number of pyridine rings is 1. The Bertz CT molecular complexity index is 738. The smallest absolute Gasteiger partial charge is 0.119 e. The Labute approximate surface area is 127 Å². The summed E-state index contributed by atoms with van der Waals surface area (Å²) in [6.45, 7) is 0.184. The number of aliphatic hydroxyl groups is 1. The summed E-state index contributed by atoms with van der Waals surface area (Å²) in [5.41, 5.74) is 0.837. The van der Waals surface area contributed by atoms with Gasteiger partial charge in [-0.2, -0.15) is 0 Å². The number of hydrogen-bond donors (Lipinski definition) is 1. The molecule has 0 radical (unpaired) electrons. The van der Waals surface area contributed by atoms with Crippen molar-refractivity contribution in [1.29, 1.82) is 0 Å². The Morgan fingerprint density at radius 2 is 1.90 bits per heavy atom. The Kier molecular flexibility index (Phi) is 4.04. The topological polar surface area (TPSA) is 42.4 Å². The highest BCUT2D eigenvalue weighted by Crippen LogP contribution is 2.24. The fourth-order valence-electron chi connectivity index (χ4n) is 2.23. The summed E-state index contributed by atoms with van der Waals surface area (Å²) in [4.78, 5) is 4.09. The van der Waals surface area contributed by atoms with Crippen LogP contribution in [0.2, 0.25) is 5.02 Å². The third-order valence-electron chi connectivity index (χ3n) is 3.29. The highest BCUT2D eigenvalue weighted by Gasteiger charge is 2.12. The fraction of sp³-hybridized carbons (Fsp3) is 0.118. The predicted molar refractivity (Wildman–Crippen MR) is 83.6 cm³/mol. The van der Waals surface area contributed by atoms with E-state index in [9.17, 15) is 5.11 Å². The van der Waals surface area contributed by atoms with Crippen LogP contribution < -0.4 is 4.74 Å². The average Bonchev–Trinajstić information content (AvgIpc) is 2.53. The standard InChI is InChI=1S/C17H14ClNO2/c18-13-4-6-14(7-5-13)21-11-17(20)16-3-1-2-12-10-19-9-8-15(12)16/h1-10,17,20H,11H2. The first kappa shape index (κ1) is 13.9. The van der Waals surface area contributed by atoms with Crippen LogP contribution >= 0.6 is 11.6 Å². The van der Waals surface area contributed by atoms with Crippen molar-refractivity contribution in [1.82, 2.24) is 4.98 Å². The molecule has 1 N–H and O–H groups in total. The van der Waals surface area contributed by atoms with E-state index in [0.717, 1.165) is 16.3 Å². The first-order valence-electron chi connectivity index (χ1n) is 6.63. The highest BCUT2D eigenvalue weighted by atomic mass is 35.5. The van der Waals surface area contributed by atoms with Crippen LogP contribution in [0.5, 0.6) is 5.75 Å². The van der Waals surface area contributed by atoms with Gasteiger partial charge in [-0.25, -0.2) is 0 Å². The van der Waals surface area contributed by atoms with Gasteiger partial charge in [-0.05, 0) is 41.3 Å². The molecule has 3 aromatic rings. The zero-order valence-corrected chi connectivity index (χ0v) is 12.0. The minimum atomic E-state index is -0.702. The van der Waals surface area contributed by atoms with Crippen molar-refractivity contribution >= 4 is 22.4 Å². The molecular weight excluding hydrogens is 286 g/mol. The molecule has 0 spiro atoms. The largest absolute Gasteiger partial charge is 0.491 e. The van der Waals surface area contributed by atoms with Gasteiger partial charge in [0.25, 0.3) is 0 Å². The molecule has 4 heteroatoms. The maximum atomic E-state index is 10.4. The van der Waals surface area contributed by atoms with Crippen LogP contribution in [-0.4, -0.2) is 16.7 Å². The van der Waals surface area contributed by atoms with Gasteiger partial charge in [0.1, 0.15) is 18.5 Å². The molecule has 1 aromatic heterocycles. The molecule has 1 unspecified atom stereocenters. The van der Waals surface area contributed by atoms with Gasteiger partial charge in [0.15, 0.2) is 0 Å². The van der Waals surface area contributed by atoms with E-state index in [2.05, 4.69) is 4.98 Å². The molecule has 0 aliphatic carbocycles. The molecule has 2 aromatic carbocycles. The van der Waals surface area contributed by atoms with E-state index < -0.39 is 6.10 Å². The number of aliphatic hydroxyl groups excluding tert-OH is 1. The molecule has 21 heavy (non-hydrogen) atoms. The minimum Gasteiger partial charge on any atom is -0.491 e. The molecule has 106 valence electrons. The SMILES string of the molecule is OC(COc1ccc(Cl)cc1)c1cccc2cnccc12. The first-order valence-corrected chi connectivity index (χ1v) is 7.01. The van der Waals surface area contributed by atoms with Crippen molar-refractivity contribution in [3.8, 4) is 5.75 Å². The third kappa shape index (κ3) is 3.15. The molecule has 0 bridgehead atoms. The van der Waals surface area contributed by atoms with Crippen LogP contribution in [0.1, 0.15) is 11.7 Å². The second-order valence-corrected chi connectivity index (χ2v) is 5.16. The van der Waals surface area contributed by atoms with Gasteiger partial charge < -0.3 is 9.84 Å². The molecular formula is C17H14ClNO2. The van der Waals surface area contributed by atoms with Gasteiger partial charge in [-0.1, -0.05) is 29.8 Å². The molecule has 0 aliphatic heterocycles.